The van der Waals surface area contributed by atoms with Crippen LogP contribution in [0.1, 0.15) is 19.4 Å². The smallest absolute Gasteiger partial charge is 0.307 e. The molecule has 0 aromatic heterocycles. The average molecular weight is 239 g/mol. The zero-order chi connectivity index (χ0) is 12.3. The maximum Gasteiger partial charge on any atom is 0.307 e. The summed E-state index contributed by atoms with van der Waals surface area (Å²) in [6.07, 6.45) is 0. The van der Waals surface area contributed by atoms with Gasteiger partial charge in [-0.3, -0.25) is 4.79 Å². The van der Waals surface area contributed by atoms with Gasteiger partial charge in [-0.2, -0.15) is 0 Å². The second kappa shape index (κ2) is 5.25. The normalized spacial score (nSPS) is 14.4. The molecule has 88 valence electrons. The highest BCUT2D eigenvalue weighted by Gasteiger charge is 2.20. The summed E-state index contributed by atoms with van der Waals surface area (Å²) >= 11 is 1.58. The van der Waals surface area contributed by atoms with Gasteiger partial charge in [0, 0.05) is 15.8 Å². The highest BCUT2D eigenvalue weighted by molar-refractivity contribution is 8.00. The minimum absolute atomic E-state index is 0.0415. The zero-order valence-corrected chi connectivity index (χ0v) is 10.5. The number of aliphatic carboxylic acids is 1. The number of aryl methyl sites for hydroxylation is 1. The number of benzene rings is 1. The van der Waals surface area contributed by atoms with Crippen LogP contribution in [-0.2, 0) is 4.79 Å². The SMILES string of the molecule is Cc1cc(N)ccc1SC(C)C(C)C(=O)O. The first-order chi connectivity index (χ1) is 7.41. The van der Waals surface area contributed by atoms with E-state index in [4.69, 9.17) is 10.8 Å². The van der Waals surface area contributed by atoms with Gasteiger partial charge in [-0.05, 0) is 30.7 Å². The summed E-state index contributed by atoms with van der Waals surface area (Å²) < 4.78 is 0. The Kier molecular flexibility index (Phi) is 4.24. The van der Waals surface area contributed by atoms with E-state index in [0.29, 0.717) is 0 Å². The number of hydrogen-bond donors (Lipinski definition) is 2. The van der Waals surface area contributed by atoms with Gasteiger partial charge in [0.25, 0.3) is 0 Å². The maximum atomic E-state index is 10.8. The lowest BCUT2D eigenvalue weighted by Crippen LogP contribution is -2.20. The van der Waals surface area contributed by atoms with Gasteiger partial charge in [0.1, 0.15) is 0 Å². The number of carboxylic acid groups (broad SMARTS) is 1. The molecule has 0 aliphatic heterocycles. The Hall–Kier alpha value is -1.16. The third-order valence-electron chi connectivity index (χ3n) is 2.61. The van der Waals surface area contributed by atoms with Crippen molar-refractivity contribution in [2.24, 2.45) is 5.92 Å². The average Bonchev–Trinajstić information content (AvgIpc) is 2.20. The first-order valence-corrected chi connectivity index (χ1v) is 6.05. The maximum absolute atomic E-state index is 10.8. The molecule has 0 amide bonds. The van der Waals surface area contributed by atoms with E-state index in [1.165, 1.54) is 0 Å². The molecule has 0 aliphatic carbocycles. The molecule has 16 heavy (non-hydrogen) atoms. The van der Waals surface area contributed by atoms with E-state index in [1.54, 1.807) is 18.7 Å². The Morgan fingerprint density at radius 3 is 2.56 bits per heavy atom. The van der Waals surface area contributed by atoms with Gasteiger partial charge in [0.15, 0.2) is 0 Å². The minimum Gasteiger partial charge on any atom is -0.481 e. The van der Waals surface area contributed by atoms with Crippen LogP contribution in [-0.4, -0.2) is 16.3 Å². The van der Waals surface area contributed by atoms with Crippen LogP contribution in [0.3, 0.4) is 0 Å². The summed E-state index contributed by atoms with van der Waals surface area (Å²) in [4.78, 5) is 11.9. The lowest BCUT2D eigenvalue weighted by molar-refractivity contribution is -0.140. The Morgan fingerprint density at radius 2 is 2.06 bits per heavy atom. The second-order valence-electron chi connectivity index (χ2n) is 3.97. The van der Waals surface area contributed by atoms with Crippen molar-refractivity contribution in [3.63, 3.8) is 0 Å². The van der Waals surface area contributed by atoms with Crippen LogP contribution < -0.4 is 5.73 Å². The number of anilines is 1. The molecule has 1 aromatic rings. The van der Waals surface area contributed by atoms with E-state index in [9.17, 15) is 4.79 Å². The predicted octanol–water partition coefficient (Wildman–Crippen LogP) is 2.78. The topological polar surface area (TPSA) is 63.3 Å². The lowest BCUT2D eigenvalue weighted by Gasteiger charge is -2.16. The van der Waals surface area contributed by atoms with Gasteiger partial charge in [0.2, 0.25) is 0 Å². The van der Waals surface area contributed by atoms with Crippen LogP contribution in [0.25, 0.3) is 0 Å². The number of nitrogen functional groups attached to an aromatic ring is 1. The molecule has 0 saturated heterocycles. The van der Waals surface area contributed by atoms with E-state index in [2.05, 4.69) is 0 Å². The van der Waals surface area contributed by atoms with Crippen molar-refractivity contribution in [1.82, 2.24) is 0 Å². The van der Waals surface area contributed by atoms with Crippen molar-refractivity contribution >= 4 is 23.4 Å². The number of carbonyl (C=O) groups is 1. The number of nitrogens with two attached hydrogens (primary N) is 1. The summed E-state index contributed by atoms with van der Waals surface area (Å²) in [5.41, 5.74) is 7.49. The molecule has 0 bridgehead atoms. The molecule has 0 saturated carbocycles. The van der Waals surface area contributed by atoms with Gasteiger partial charge >= 0.3 is 5.97 Å². The van der Waals surface area contributed by atoms with Crippen molar-refractivity contribution in [2.45, 2.75) is 30.9 Å². The molecule has 0 aliphatic rings. The largest absolute Gasteiger partial charge is 0.481 e. The number of thioether (sulfide) groups is 1. The predicted molar refractivity (Wildman–Crippen MR) is 67.7 cm³/mol. The number of hydrogen-bond acceptors (Lipinski definition) is 3. The summed E-state index contributed by atoms with van der Waals surface area (Å²) in [6.45, 7) is 5.64. The van der Waals surface area contributed by atoms with Gasteiger partial charge in [0.05, 0.1) is 5.92 Å². The van der Waals surface area contributed by atoms with Gasteiger partial charge in [-0.1, -0.05) is 13.8 Å². The van der Waals surface area contributed by atoms with E-state index in [1.807, 2.05) is 32.0 Å². The molecule has 0 spiro atoms. The van der Waals surface area contributed by atoms with Crippen LogP contribution >= 0.6 is 11.8 Å². The fourth-order valence-electron chi connectivity index (χ4n) is 1.31. The molecule has 2 unspecified atom stereocenters. The third-order valence-corrected chi connectivity index (χ3v) is 4.10. The fourth-order valence-corrected chi connectivity index (χ4v) is 2.42. The second-order valence-corrected chi connectivity index (χ2v) is 5.39. The summed E-state index contributed by atoms with van der Waals surface area (Å²) in [6, 6.07) is 5.69. The molecule has 0 radical (unpaired) electrons. The fraction of sp³-hybridized carbons (Fsp3) is 0.417. The Balaban J connectivity index is 2.77. The summed E-state index contributed by atoms with van der Waals surface area (Å²) in [5.74, 6) is -1.12. The highest BCUT2D eigenvalue weighted by atomic mass is 32.2. The van der Waals surface area contributed by atoms with Crippen molar-refractivity contribution in [3.8, 4) is 0 Å². The minimum atomic E-state index is -0.756. The quantitative estimate of drug-likeness (QED) is 0.626. The first-order valence-electron chi connectivity index (χ1n) is 5.17. The van der Waals surface area contributed by atoms with Crippen LogP contribution in [0.4, 0.5) is 5.69 Å². The molecule has 3 nitrogen and oxygen atoms in total. The molecule has 3 N–H and O–H groups in total. The number of rotatable bonds is 4. The Bertz CT molecular complexity index is 393. The van der Waals surface area contributed by atoms with Crippen LogP contribution in [0.2, 0.25) is 0 Å². The van der Waals surface area contributed by atoms with Crippen molar-refractivity contribution < 1.29 is 9.90 Å². The molecule has 0 heterocycles. The zero-order valence-electron chi connectivity index (χ0n) is 9.73. The van der Waals surface area contributed by atoms with E-state index in [-0.39, 0.29) is 11.2 Å². The summed E-state index contributed by atoms with van der Waals surface area (Å²) in [5, 5.41) is 8.95. The molecule has 4 heteroatoms. The summed E-state index contributed by atoms with van der Waals surface area (Å²) in [7, 11) is 0. The Morgan fingerprint density at radius 1 is 1.44 bits per heavy atom. The van der Waals surface area contributed by atoms with E-state index < -0.39 is 5.97 Å². The van der Waals surface area contributed by atoms with Crippen LogP contribution in [0.15, 0.2) is 23.1 Å². The van der Waals surface area contributed by atoms with E-state index >= 15 is 0 Å². The third kappa shape index (κ3) is 3.17. The van der Waals surface area contributed by atoms with Gasteiger partial charge in [-0.25, -0.2) is 0 Å². The Labute approximate surface area is 100 Å². The lowest BCUT2D eigenvalue weighted by atomic mass is 10.1. The first kappa shape index (κ1) is 12.9. The molecule has 2 atom stereocenters. The van der Waals surface area contributed by atoms with E-state index in [0.717, 1.165) is 16.1 Å². The molecular formula is C12H17NO2S. The molecular weight excluding hydrogens is 222 g/mol. The van der Waals surface area contributed by atoms with Crippen molar-refractivity contribution in [3.05, 3.63) is 23.8 Å². The van der Waals surface area contributed by atoms with Crippen molar-refractivity contribution in [1.29, 1.82) is 0 Å². The van der Waals surface area contributed by atoms with Crippen LogP contribution in [0, 0.1) is 12.8 Å². The standard InChI is InChI=1S/C12H17NO2S/c1-7-6-10(13)4-5-11(7)16-9(3)8(2)12(14)15/h4-6,8-9H,13H2,1-3H3,(H,14,15). The molecule has 0 fully saturated rings. The van der Waals surface area contributed by atoms with Crippen molar-refractivity contribution in [2.75, 3.05) is 5.73 Å². The van der Waals surface area contributed by atoms with Gasteiger partial charge in [-0.15, -0.1) is 11.8 Å². The van der Waals surface area contributed by atoms with Gasteiger partial charge < -0.3 is 10.8 Å². The molecule has 1 aromatic carbocycles. The van der Waals surface area contributed by atoms with Crippen LogP contribution in [0.5, 0.6) is 0 Å². The number of carboxylic acids is 1. The monoisotopic (exact) mass is 239 g/mol. The highest BCUT2D eigenvalue weighted by Crippen LogP contribution is 2.31. The molecule has 1 rings (SSSR count).